The first-order chi connectivity index (χ1) is 21.4. The van der Waals surface area contributed by atoms with Crippen molar-refractivity contribution in [2.75, 3.05) is 13.2 Å². The van der Waals surface area contributed by atoms with Crippen LogP contribution >= 0.6 is 7.82 Å². The minimum Gasteiger partial charge on any atom is -0.465 e. The van der Waals surface area contributed by atoms with Gasteiger partial charge in [-0.1, -0.05) is 138 Å². The van der Waals surface area contributed by atoms with Gasteiger partial charge < -0.3 is 15.7 Å². The average molecular weight is 637 g/mol. The highest BCUT2D eigenvalue weighted by Gasteiger charge is 2.34. The third-order valence-corrected chi connectivity index (χ3v) is 7.81. The van der Waals surface area contributed by atoms with E-state index in [-0.39, 0.29) is 13.2 Å². The molecule has 2 aromatic rings. The van der Waals surface area contributed by atoms with Crippen molar-refractivity contribution >= 4 is 19.8 Å². The maximum atomic E-state index is 13.3. The van der Waals surface area contributed by atoms with Crippen molar-refractivity contribution < 1.29 is 42.9 Å². The number of carbonyl (C=O) groups is 2. The molecule has 2 amide bonds. The molecule has 0 aromatic heterocycles. The fraction of sp³-hybridized carbons (Fsp3) is 0.562. The van der Waals surface area contributed by atoms with E-state index in [1.54, 1.807) is 48.5 Å². The zero-order chi connectivity index (χ0) is 31.7. The number of rotatable bonds is 26. The van der Waals surface area contributed by atoms with E-state index in [0.29, 0.717) is 6.54 Å². The van der Waals surface area contributed by atoms with Crippen molar-refractivity contribution in [3.63, 3.8) is 0 Å². The first kappa shape index (κ1) is 37.4. The Balaban J connectivity index is 1.77. The van der Waals surface area contributed by atoms with Gasteiger partial charge in [0.15, 0.2) is 0 Å². The van der Waals surface area contributed by atoms with Crippen LogP contribution in [0.15, 0.2) is 60.7 Å². The number of carbonyl (C=O) groups excluding carboxylic acids is 1. The van der Waals surface area contributed by atoms with Crippen LogP contribution in [-0.4, -0.2) is 36.3 Å². The van der Waals surface area contributed by atoms with Gasteiger partial charge >= 0.3 is 13.9 Å². The molecule has 1 unspecified atom stereocenters. The molecule has 2 rings (SSSR count). The molecule has 0 aliphatic carbocycles. The van der Waals surface area contributed by atoms with Crippen molar-refractivity contribution in [1.29, 1.82) is 0 Å². The summed E-state index contributed by atoms with van der Waals surface area (Å²) in [5.41, 5.74) is 1.46. The van der Waals surface area contributed by atoms with Gasteiger partial charge in [-0.05, 0) is 17.5 Å². The zero-order valence-corrected chi connectivity index (χ0v) is 26.7. The summed E-state index contributed by atoms with van der Waals surface area (Å²) >= 11 is 0. The molecule has 0 saturated heterocycles. The van der Waals surface area contributed by atoms with Crippen LogP contribution in [0.2, 0.25) is 0 Å². The Kier molecular flexibility index (Phi) is 20.0. The predicted octanol–water partition coefficient (Wildman–Crippen LogP) is 7.86. The topological polar surface area (TPSA) is 142 Å². The number of carboxylic acid groups (broad SMARTS) is 1. The SMILES string of the molecule is CCCCCCCCCCCCCCNC(=O)C(COP(=O)(OOCc1ccccc1)OOCc1ccccc1)NC(=O)O. The van der Waals surface area contributed by atoms with Crippen LogP contribution in [0.1, 0.15) is 95.1 Å². The Hall–Kier alpha value is -2.79. The van der Waals surface area contributed by atoms with Gasteiger partial charge in [0.05, 0.1) is 6.61 Å². The molecular formula is C32H49N2O9P. The van der Waals surface area contributed by atoms with E-state index in [1.807, 2.05) is 12.1 Å². The number of phosphoric acid groups is 1. The molecule has 11 nitrogen and oxygen atoms in total. The van der Waals surface area contributed by atoms with Gasteiger partial charge in [0, 0.05) is 6.54 Å². The third kappa shape index (κ3) is 18.1. The highest BCUT2D eigenvalue weighted by atomic mass is 31.2. The molecule has 246 valence electrons. The van der Waals surface area contributed by atoms with E-state index in [0.717, 1.165) is 36.8 Å². The predicted molar refractivity (Wildman–Crippen MR) is 167 cm³/mol. The summed E-state index contributed by atoms with van der Waals surface area (Å²) in [5.74, 6) is -0.627. The summed E-state index contributed by atoms with van der Waals surface area (Å²) in [6, 6.07) is 16.6. The van der Waals surface area contributed by atoms with Crippen LogP contribution in [0.5, 0.6) is 0 Å². The first-order valence-electron chi connectivity index (χ1n) is 15.6. The average Bonchev–Trinajstić information content (AvgIpc) is 3.02. The maximum Gasteiger partial charge on any atom is 0.529 e. The lowest BCUT2D eigenvalue weighted by molar-refractivity contribution is -0.291. The van der Waals surface area contributed by atoms with Gasteiger partial charge in [-0.2, -0.15) is 0 Å². The van der Waals surface area contributed by atoms with Crippen molar-refractivity contribution in [3.8, 4) is 0 Å². The molecule has 0 aliphatic heterocycles. The summed E-state index contributed by atoms with van der Waals surface area (Å²) in [6.07, 6.45) is 12.9. The number of hydrogen-bond donors (Lipinski definition) is 3. The Bertz CT molecular complexity index is 1030. The summed E-state index contributed by atoms with van der Waals surface area (Å²) in [5, 5.41) is 14.0. The summed E-state index contributed by atoms with van der Waals surface area (Å²) < 4.78 is 28.5. The van der Waals surface area contributed by atoms with E-state index < -0.39 is 32.5 Å². The fourth-order valence-corrected chi connectivity index (χ4v) is 5.13. The van der Waals surface area contributed by atoms with Crippen LogP contribution in [0.25, 0.3) is 0 Å². The third-order valence-electron chi connectivity index (χ3n) is 6.77. The lowest BCUT2D eigenvalue weighted by Gasteiger charge is -2.20. The van der Waals surface area contributed by atoms with Crippen molar-refractivity contribution in [3.05, 3.63) is 71.8 Å². The van der Waals surface area contributed by atoms with E-state index in [4.69, 9.17) is 23.6 Å². The standard InChI is InChI=1S/C32H49N2O9P/c1-2-3-4-5-6-7-8-9-10-11-12-19-24-33-31(35)30(34-32(36)37)27-41-44(38,42-39-25-28-20-15-13-16-21-28)43-40-26-29-22-17-14-18-23-29/h13-18,20-23,30,34H,2-12,19,24-27H2,1H3,(H,33,35)(H,36,37). The van der Waals surface area contributed by atoms with E-state index >= 15 is 0 Å². The maximum absolute atomic E-state index is 13.3. The Morgan fingerprint density at radius 1 is 0.727 bits per heavy atom. The molecule has 0 aliphatic rings. The van der Waals surface area contributed by atoms with E-state index in [9.17, 15) is 19.3 Å². The van der Waals surface area contributed by atoms with Crippen LogP contribution in [-0.2, 0) is 46.2 Å². The normalized spacial score (nSPS) is 12.1. The molecule has 0 saturated carbocycles. The molecule has 1 atom stereocenters. The van der Waals surface area contributed by atoms with Crippen molar-refractivity contribution in [1.82, 2.24) is 10.6 Å². The van der Waals surface area contributed by atoms with Crippen LogP contribution in [0.3, 0.4) is 0 Å². The highest BCUT2D eigenvalue weighted by Crippen LogP contribution is 2.50. The molecular weight excluding hydrogens is 587 g/mol. The van der Waals surface area contributed by atoms with Crippen LogP contribution in [0, 0.1) is 0 Å². The van der Waals surface area contributed by atoms with Gasteiger partial charge in [0.1, 0.15) is 19.3 Å². The molecule has 0 fully saturated rings. The van der Waals surface area contributed by atoms with Gasteiger partial charge in [0.25, 0.3) is 0 Å². The molecule has 0 bridgehead atoms. The number of unbranched alkanes of at least 4 members (excludes halogenated alkanes) is 11. The number of nitrogens with one attached hydrogen (secondary N) is 2. The smallest absolute Gasteiger partial charge is 0.465 e. The minimum absolute atomic E-state index is 0.0768. The number of hydrogen-bond acceptors (Lipinski definition) is 8. The quantitative estimate of drug-likeness (QED) is 0.0407. The van der Waals surface area contributed by atoms with Gasteiger partial charge in [-0.3, -0.25) is 9.32 Å². The molecule has 3 N–H and O–H groups in total. The molecule has 44 heavy (non-hydrogen) atoms. The number of benzene rings is 2. The highest BCUT2D eigenvalue weighted by molar-refractivity contribution is 7.48. The molecule has 2 aromatic carbocycles. The fourth-order valence-electron chi connectivity index (χ4n) is 4.32. The monoisotopic (exact) mass is 636 g/mol. The molecule has 0 heterocycles. The van der Waals surface area contributed by atoms with Crippen molar-refractivity contribution in [2.45, 2.75) is 103 Å². The molecule has 0 spiro atoms. The first-order valence-corrected chi connectivity index (χ1v) is 17.1. The van der Waals surface area contributed by atoms with Gasteiger partial charge in [-0.25, -0.2) is 19.1 Å². The zero-order valence-electron chi connectivity index (χ0n) is 25.8. The second-order valence-electron chi connectivity index (χ2n) is 10.6. The summed E-state index contributed by atoms with van der Waals surface area (Å²) in [6.45, 7) is 1.79. The van der Waals surface area contributed by atoms with Crippen LogP contribution in [0.4, 0.5) is 4.79 Å². The Labute approximate surface area is 261 Å². The minimum atomic E-state index is -4.55. The summed E-state index contributed by atoms with van der Waals surface area (Å²) in [4.78, 5) is 34.3. The van der Waals surface area contributed by atoms with Crippen LogP contribution < -0.4 is 10.6 Å². The summed E-state index contributed by atoms with van der Waals surface area (Å²) in [7, 11) is -4.55. The molecule has 12 heteroatoms. The number of amides is 2. The second kappa shape index (κ2) is 23.6. The molecule has 0 radical (unpaired) electrons. The van der Waals surface area contributed by atoms with Gasteiger partial charge in [0.2, 0.25) is 5.91 Å². The lowest BCUT2D eigenvalue weighted by Crippen LogP contribution is -2.49. The Morgan fingerprint density at radius 3 is 1.64 bits per heavy atom. The largest absolute Gasteiger partial charge is 0.529 e. The lowest BCUT2D eigenvalue weighted by atomic mass is 10.1. The van der Waals surface area contributed by atoms with E-state index in [1.165, 1.54) is 51.4 Å². The van der Waals surface area contributed by atoms with Crippen molar-refractivity contribution in [2.24, 2.45) is 0 Å². The second-order valence-corrected chi connectivity index (χ2v) is 12.0. The van der Waals surface area contributed by atoms with E-state index in [2.05, 4.69) is 17.6 Å². The Morgan fingerprint density at radius 2 is 1.18 bits per heavy atom. The van der Waals surface area contributed by atoms with Gasteiger partial charge in [-0.15, -0.1) is 9.35 Å².